The van der Waals surface area contributed by atoms with Gasteiger partial charge in [0, 0.05) is 17.6 Å². The molecule has 0 bridgehead atoms. The SMILES string of the molecule is O=C(NCCO)c1cc(-c2ccco2)n(-c2ccc(Cl)cc2)n1. The van der Waals surface area contributed by atoms with Gasteiger partial charge < -0.3 is 14.8 Å². The molecule has 0 saturated heterocycles. The van der Waals surface area contributed by atoms with E-state index < -0.39 is 0 Å². The number of aromatic nitrogens is 2. The average Bonchev–Trinajstić information content (AvgIpc) is 3.22. The van der Waals surface area contributed by atoms with Gasteiger partial charge in [0.25, 0.3) is 5.91 Å². The number of aliphatic hydroxyl groups is 1. The van der Waals surface area contributed by atoms with E-state index in [1.165, 1.54) is 0 Å². The molecule has 0 atom stereocenters. The number of halogens is 1. The molecule has 0 saturated carbocycles. The van der Waals surface area contributed by atoms with Crippen LogP contribution in [0, 0.1) is 0 Å². The van der Waals surface area contributed by atoms with Gasteiger partial charge >= 0.3 is 0 Å². The summed E-state index contributed by atoms with van der Waals surface area (Å²) in [6, 6.07) is 12.3. The van der Waals surface area contributed by atoms with Crippen LogP contribution >= 0.6 is 11.6 Å². The highest BCUT2D eigenvalue weighted by Crippen LogP contribution is 2.25. The fourth-order valence-corrected chi connectivity index (χ4v) is 2.26. The van der Waals surface area contributed by atoms with Gasteiger partial charge in [0.05, 0.1) is 18.6 Å². The topological polar surface area (TPSA) is 80.3 Å². The maximum Gasteiger partial charge on any atom is 0.271 e. The lowest BCUT2D eigenvalue weighted by Gasteiger charge is -2.05. The van der Waals surface area contributed by atoms with Gasteiger partial charge in [0.2, 0.25) is 0 Å². The fourth-order valence-electron chi connectivity index (χ4n) is 2.13. The van der Waals surface area contributed by atoms with Crippen LogP contribution in [0.4, 0.5) is 0 Å². The molecule has 0 aliphatic carbocycles. The summed E-state index contributed by atoms with van der Waals surface area (Å²) in [6.45, 7) is 0.0391. The minimum Gasteiger partial charge on any atom is -0.463 e. The van der Waals surface area contributed by atoms with Crippen molar-refractivity contribution < 1.29 is 14.3 Å². The monoisotopic (exact) mass is 331 g/mol. The first kappa shape index (κ1) is 15.3. The zero-order chi connectivity index (χ0) is 16.2. The summed E-state index contributed by atoms with van der Waals surface area (Å²) in [5.74, 6) is 0.230. The quantitative estimate of drug-likeness (QED) is 0.752. The number of aliphatic hydroxyl groups excluding tert-OH is 1. The number of benzene rings is 1. The summed E-state index contributed by atoms with van der Waals surface area (Å²) in [7, 11) is 0. The molecular formula is C16H14ClN3O3. The van der Waals surface area contributed by atoms with Crippen molar-refractivity contribution >= 4 is 17.5 Å². The molecular weight excluding hydrogens is 318 g/mol. The van der Waals surface area contributed by atoms with Gasteiger partial charge in [-0.3, -0.25) is 4.79 Å². The molecule has 0 aliphatic rings. The third-order valence-electron chi connectivity index (χ3n) is 3.18. The average molecular weight is 332 g/mol. The van der Waals surface area contributed by atoms with Crippen molar-refractivity contribution in [3.63, 3.8) is 0 Å². The predicted octanol–water partition coefficient (Wildman–Crippen LogP) is 2.51. The normalized spacial score (nSPS) is 10.7. The Morgan fingerprint density at radius 3 is 2.74 bits per heavy atom. The Morgan fingerprint density at radius 2 is 2.09 bits per heavy atom. The smallest absolute Gasteiger partial charge is 0.271 e. The molecule has 0 spiro atoms. The number of carbonyl (C=O) groups is 1. The Labute approximate surface area is 137 Å². The molecule has 0 radical (unpaired) electrons. The number of furan rings is 1. The van der Waals surface area contributed by atoms with Crippen molar-refractivity contribution in [3.05, 3.63) is 59.4 Å². The number of rotatable bonds is 5. The lowest BCUT2D eigenvalue weighted by atomic mass is 10.2. The molecule has 23 heavy (non-hydrogen) atoms. The molecule has 1 aromatic carbocycles. The van der Waals surface area contributed by atoms with Crippen molar-refractivity contribution in [2.45, 2.75) is 0 Å². The summed E-state index contributed by atoms with van der Waals surface area (Å²) >= 11 is 5.92. The molecule has 0 aliphatic heterocycles. The maximum absolute atomic E-state index is 12.1. The van der Waals surface area contributed by atoms with Gasteiger partial charge in [0.15, 0.2) is 11.5 Å². The van der Waals surface area contributed by atoms with Gasteiger partial charge in [-0.05, 0) is 36.4 Å². The molecule has 2 aromatic heterocycles. The van der Waals surface area contributed by atoms with Crippen LogP contribution in [0.1, 0.15) is 10.5 Å². The van der Waals surface area contributed by atoms with Crippen LogP contribution in [-0.4, -0.2) is 33.9 Å². The third-order valence-corrected chi connectivity index (χ3v) is 3.44. The number of nitrogens with one attached hydrogen (secondary N) is 1. The highest BCUT2D eigenvalue weighted by molar-refractivity contribution is 6.30. The van der Waals surface area contributed by atoms with Crippen LogP contribution in [-0.2, 0) is 0 Å². The number of amides is 1. The van der Waals surface area contributed by atoms with Gasteiger partial charge in [0.1, 0.15) is 5.69 Å². The maximum atomic E-state index is 12.1. The molecule has 1 amide bonds. The number of carbonyl (C=O) groups excluding carboxylic acids is 1. The second-order valence-corrected chi connectivity index (χ2v) is 5.20. The Balaban J connectivity index is 2.04. The van der Waals surface area contributed by atoms with E-state index >= 15 is 0 Å². The highest BCUT2D eigenvalue weighted by Gasteiger charge is 2.18. The third kappa shape index (κ3) is 3.28. The number of hydrogen-bond donors (Lipinski definition) is 2. The summed E-state index contributed by atoms with van der Waals surface area (Å²) in [6.07, 6.45) is 1.56. The molecule has 3 aromatic rings. The molecule has 0 fully saturated rings. The summed E-state index contributed by atoms with van der Waals surface area (Å²) < 4.78 is 7.04. The summed E-state index contributed by atoms with van der Waals surface area (Å²) in [5.41, 5.74) is 1.63. The van der Waals surface area contributed by atoms with Crippen LogP contribution in [0.3, 0.4) is 0 Å². The van der Waals surface area contributed by atoms with Crippen LogP contribution in [0.2, 0.25) is 5.02 Å². The van der Waals surface area contributed by atoms with Gasteiger partial charge in [-0.2, -0.15) is 5.10 Å². The standard InChI is InChI=1S/C16H14ClN3O3/c17-11-3-5-12(6-4-11)20-14(15-2-1-9-23-15)10-13(19-20)16(22)18-7-8-21/h1-6,9-10,21H,7-8H2,(H,18,22). The van der Waals surface area contributed by atoms with Crippen LogP contribution < -0.4 is 5.32 Å². The minimum absolute atomic E-state index is 0.130. The molecule has 118 valence electrons. The zero-order valence-corrected chi connectivity index (χ0v) is 12.8. The van der Waals surface area contributed by atoms with E-state index in [0.717, 1.165) is 5.69 Å². The number of nitrogens with zero attached hydrogens (tertiary/aromatic N) is 2. The Morgan fingerprint density at radius 1 is 1.30 bits per heavy atom. The van der Waals surface area contributed by atoms with E-state index in [0.29, 0.717) is 16.5 Å². The van der Waals surface area contributed by atoms with Gasteiger partial charge in [-0.15, -0.1) is 0 Å². The lowest BCUT2D eigenvalue weighted by molar-refractivity contribution is 0.0939. The molecule has 3 rings (SSSR count). The Bertz CT molecular complexity index is 795. The first-order valence-electron chi connectivity index (χ1n) is 6.98. The molecule has 6 nitrogen and oxygen atoms in total. The van der Waals surface area contributed by atoms with Crippen molar-refractivity contribution in [2.75, 3.05) is 13.2 Å². The largest absolute Gasteiger partial charge is 0.463 e. The van der Waals surface area contributed by atoms with E-state index in [4.69, 9.17) is 21.1 Å². The van der Waals surface area contributed by atoms with E-state index in [1.54, 1.807) is 53.4 Å². The molecule has 7 heteroatoms. The van der Waals surface area contributed by atoms with E-state index in [9.17, 15) is 4.79 Å². The lowest BCUT2D eigenvalue weighted by Crippen LogP contribution is -2.26. The highest BCUT2D eigenvalue weighted by atomic mass is 35.5. The van der Waals surface area contributed by atoms with Gasteiger partial charge in [-0.1, -0.05) is 11.6 Å². The zero-order valence-electron chi connectivity index (χ0n) is 12.1. The summed E-state index contributed by atoms with van der Waals surface area (Å²) in [4.78, 5) is 12.1. The minimum atomic E-state index is -0.362. The first-order chi connectivity index (χ1) is 11.2. The second-order valence-electron chi connectivity index (χ2n) is 4.76. The molecule has 0 unspecified atom stereocenters. The summed E-state index contributed by atoms with van der Waals surface area (Å²) in [5, 5.41) is 16.3. The van der Waals surface area contributed by atoms with E-state index in [1.807, 2.05) is 0 Å². The van der Waals surface area contributed by atoms with Crippen molar-refractivity contribution in [1.29, 1.82) is 0 Å². The molecule has 2 N–H and O–H groups in total. The van der Waals surface area contributed by atoms with Crippen molar-refractivity contribution in [2.24, 2.45) is 0 Å². The second kappa shape index (κ2) is 6.68. The fraction of sp³-hybridized carbons (Fsp3) is 0.125. The van der Waals surface area contributed by atoms with Crippen molar-refractivity contribution in [1.82, 2.24) is 15.1 Å². The first-order valence-corrected chi connectivity index (χ1v) is 7.36. The van der Waals surface area contributed by atoms with Crippen LogP contribution in [0.25, 0.3) is 17.1 Å². The van der Waals surface area contributed by atoms with Crippen molar-refractivity contribution in [3.8, 4) is 17.1 Å². The van der Waals surface area contributed by atoms with Crippen LogP contribution in [0.15, 0.2) is 53.1 Å². The van der Waals surface area contributed by atoms with E-state index in [-0.39, 0.29) is 24.8 Å². The van der Waals surface area contributed by atoms with Gasteiger partial charge in [-0.25, -0.2) is 4.68 Å². The Kier molecular flexibility index (Phi) is 4.45. The predicted molar refractivity (Wildman–Crippen MR) is 85.7 cm³/mol. The van der Waals surface area contributed by atoms with Crippen LogP contribution in [0.5, 0.6) is 0 Å². The number of hydrogen-bond acceptors (Lipinski definition) is 4. The van der Waals surface area contributed by atoms with E-state index in [2.05, 4.69) is 10.4 Å². The molecule has 2 heterocycles. The Hall–Kier alpha value is -2.57.